The molecule has 2 aliphatic carbocycles. The second kappa shape index (κ2) is 11.3. The highest BCUT2D eigenvalue weighted by atomic mass is 16.6. The van der Waals surface area contributed by atoms with Crippen LogP contribution in [0.5, 0.6) is 11.5 Å². The smallest absolute Gasteiger partial charge is 0.344 e. The van der Waals surface area contributed by atoms with Crippen molar-refractivity contribution < 1.29 is 28.5 Å². The number of carbonyl (C=O) groups excluding carboxylic acids is 2. The van der Waals surface area contributed by atoms with Crippen LogP contribution in [0.15, 0.2) is 60.7 Å². The summed E-state index contributed by atoms with van der Waals surface area (Å²) in [6.45, 7) is -0.0359. The average Bonchev–Trinajstić information content (AvgIpc) is 3.57. The number of benzene rings is 3. The Balaban J connectivity index is 1.03. The molecule has 0 atom stereocenters. The predicted molar refractivity (Wildman–Crippen MR) is 134 cm³/mol. The first-order chi connectivity index (χ1) is 17.6. The third kappa shape index (κ3) is 6.25. The minimum absolute atomic E-state index is 0.121. The highest BCUT2D eigenvalue weighted by molar-refractivity contribution is 5.71. The molecule has 3 aromatic carbocycles. The molecule has 0 saturated heterocycles. The second-order valence-electron chi connectivity index (χ2n) is 9.29. The number of hydrogen-bond donors (Lipinski definition) is 0. The molecule has 0 N–H and O–H groups in total. The van der Waals surface area contributed by atoms with E-state index in [1.165, 1.54) is 35.1 Å². The number of rotatable bonds is 10. The zero-order valence-corrected chi connectivity index (χ0v) is 20.3. The van der Waals surface area contributed by atoms with Crippen molar-refractivity contribution in [3.8, 4) is 11.5 Å². The lowest BCUT2D eigenvalue weighted by Gasteiger charge is -2.10. The van der Waals surface area contributed by atoms with Crippen LogP contribution in [-0.2, 0) is 58.0 Å². The fourth-order valence-corrected chi connectivity index (χ4v) is 4.78. The van der Waals surface area contributed by atoms with E-state index in [1.807, 2.05) is 48.5 Å². The molecule has 0 aliphatic heterocycles. The molecule has 3 aromatic rings. The van der Waals surface area contributed by atoms with Crippen LogP contribution in [-0.4, -0.2) is 25.2 Å². The number of carbonyl (C=O) groups is 2. The Morgan fingerprint density at radius 2 is 1.06 bits per heavy atom. The quantitative estimate of drug-likeness (QED) is 0.379. The summed E-state index contributed by atoms with van der Waals surface area (Å²) in [5.74, 6) is 0.514. The van der Waals surface area contributed by atoms with Gasteiger partial charge in [-0.05, 0) is 102 Å². The van der Waals surface area contributed by atoms with Gasteiger partial charge in [0.25, 0.3) is 0 Å². The molecule has 6 nitrogen and oxygen atoms in total. The molecule has 0 aromatic heterocycles. The maximum atomic E-state index is 12.1. The molecular formula is C30H30O6. The van der Waals surface area contributed by atoms with Gasteiger partial charge in [0.2, 0.25) is 0 Å². The highest BCUT2D eigenvalue weighted by Crippen LogP contribution is 2.27. The van der Waals surface area contributed by atoms with Crippen molar-refractivity contribution in [3.05, 3.63) is 94.0 Å². The molecule has 0 radical (unpaired) electrons. The monoisotopic (exact) mass is 486 g/mol. The van der Waals surface area contributed by atoms with Crippen molar-refractivity contribution in [2.45, 2.75) is 51.7 Å². The van der Waals surface area contributed by atoms with Gasteiger partial charge in [0.1, 0.15) is 24.7 Å². The van der Waals surface area contributed by atoms with E-state index in [4.69, 9.17) is 18.9 Å². The molecule has 0 saturated carbocycles. The summed E-state index contributed by atoms with van der Waals surface area (Å²) in [6, 6.07) is 19.4. The lowest BCUT2D eigenvalue weighted by molar-refractivity contribution is -0.147. The van der Waals surface area contributed by atoms with Crippen LogP contribution < -0.4 is 9.47 Å². The van der Waals surface area contributed by atoms with Crippen molar-refractivity contribution in [1.29, 1.82) is 0 Å². The van der Waals surface area contributed by atoms with Gasteiger partial charge in [-0.25, -0.2) is 9.59 Å². The molecular weight excluding hydrogens is 456 g/mol. The Kier molecular flexibility index (Phi) is 7.50. The van der Waals surface area contributed by atoms with E-state index in [1.54, 1.807) is 0 Å². The maximum Gasteiger partial charge on any atom is 0.344 e. The molecule has 186 valence electrons. The summed E-state index contributed by atoms with van der Waals surface area (Å²) in [5.41, 5.74) is 6.94. The zero-order valence-electron chi connectivity index (χ0n) is 20.3. The van der Waals surface area contributed by atoms with Gasteiger partial charge in [-0.1, -0.05) is 30.3 Å². The Morgan fingerprint density at radius 3 is 1.56 bits per heavy atom. The Hall–Kier alpha value is -3.80. The second-order valence-corrected chi connectivity index (χ2v) is 9.29. The Bertz CT molecular complexity index is 1160. The van der Waals surface area contributed by atoms with E-state index < -0.39 is 11.9 Å². The molecule has 0 fully saturated rings. The number of ether oxygens (including phenoxy) is 4. The van der Waals surface area contributed by atoms with Gasteiger partial charge < -0.3 is 18.9 Å². The van der Waals surface area contributed by atoms with E-state index in [9.17, 15) is 9.59 Å². The van der Waals surface area contributed by atoms with E-state index in [0.29, 0.717) is 11.5 Å². The highest BCUT2D eigenvalue weighted by Gasteiger charge is 2.14. The predicted octanol–water partition coefficient (Wildman–Crippen LogP) is 4.91. The van der Waals surface area contributed by atoms with Gasteiger partial charge in [0, 0.05) is 0 Å². The van der Waals surface area contributed by atoms with Crippen molar-refractivity contribution in [2.24, 2.45) is 0 Å². The third-order valence-corrected chi connectivity index (χ3v) is 6.64. The number of esters is 2. The third-order valence-electron chi connectivity index (χ3n) is 6.64. The Labute approximate surface area is 211 Å². The number of hydrogen-bond acceptors (Lipinski definition) is 6. The summed E-state index contributed by atoms with van der Waals surface area (Å²) in [4.78, 5) is 24.3. The van der Waals surface area contributed by atoms with Crippen LogP contribution in [0.25, 0.3) is 0 Å². The minimum atomic E-state index is -0.434. The molecule has 5 rings (SSSR count). The van der Waals surface area contributed by atoms with E-state index in [2.05, 4.69) is 12.1 Å². The molecule has 0 bridgehead atoms. The first-order valence-corrected chi connectivity index (χ1v) is 12.5. The zero-order chi connectivity index (χ0) is 24.7. The van der Waals surface area contributed by atoms with Gasteiger partial charge in [-0.2, -0.15) is 0 Å². The normalized spacial score (nSPS) is 13.6. The van der Waals surface area contributed by atoms with Gasteiger partial charge in [0.15, 0.2) is 13.2 Å². The van der Waals surface area contributed by atoms with Crippen LogP contribution in [0.1, 0.15) is 46.2 Å². The molecule has 0 amide bonds. The maximum absolute atomic E-state index is 12.1. The lowest BCUT2D eigenvalue weighted by atomic mass is 10.1. The van der Waals surface area contributed by atoms with Gasteiger partial charge in [-0.3, -0.25) is 0 Å². The van der Waals surface area contributed by atoms with Crippen LogP contribution in [0, 0.1) is 0 Å². The lowest BCUT2D eigenvalue weighted by Crippen LogP contribution is -2.15. The first kappa shape index (κ1) is 23.9. The number of aryl methyl sites for hydroxylation is 4. The first-order valence-electron chi connectivity index (χ1n) is 12.5. The molecule has 0 heterocycles. The average molecular weight is 487 g/mol. The Morgan fingerprint density at radius 1 is 0.583 bits per heavy atom. The fourth-order valence-electron chi connectivity index (χ4n) is 4.78. The summed E-state index contributed by atoms with van der Waals surface area (Å²) >= 11 is 0. The van der Waals surface area contributed by atoms with Crippen LogP contribution >= 0.6 is 0 Å². The molecule has 36 heavy (non-hydrogen) atoms. The van der Waals surface area contributed by atoms with Crippen molar-refractivity contribution in [1.82, 2.24) is 0 Å². The van der Waals surface area contributed by atoms with Gasteiger partial charge in [0.05, 0.1) is 0 Å². The van der Waals surface area contributed by atoms with Crippen LogP contribution in [0.4, 0.5) is 0 Å². The summed E-state index contributed by atoms with van der Waals surface area (Å²) < 4.78 is 21.9. The molecule has 0 unspecified atom stereocenters. The fraction of sp³-hybridized carbons (Fsp3) is 0.333. The topological polar surface area (TPSA) is 71.1 Å². The van der Waals surface area contributed by atoms with Gasteiger partial charge in [-0.15, -0.1) is 0 Å². The van der Waals surface area contributed by atoms with Crippen LogP contribution in [0.2, 0.25) is 0 Å². The standard InChI is InChI=1S/C30H30O6/c31-29(19-33-27-12-10-23-6-2-8-25(23)15-27)35-17-21-4-1-5-22(14-21)18-36-30(32)20-34-28-13-11-24-7-3-9-26(24)16-28/h1,4-5,10-16H,2-3,6-9,17-20H2. The number of fused-ring (bicyclic) bond motifs is 2. The summed E-state index contributed by atoms with van der Waals surface area (Å²) in [5, 5.41) is 0. The summed E-state index contributed by atoms with van der Waals surface area (Å²) in [7, 11) is 0. The molecule has 0 spiro atoms. The largest absolute Gasteiger partial charge is 0.482 e. The van der Waals surface area contributed by atoms with E-state index >= 15 is 0 Å². The SMILES string of the molecule is O=C(COc1ccc2c(c1)CCC2)OCc1cccc(COC(=O)COc2ccc3c(c2)CCC3)c1. The van der Waals surface area contributed by atoms with E-state index in [0.717, 1.165) is 36.8 Å². The van der Waals surface area contributed by atoms with Crippen molar-refractivity contribution in [2.75, 3.05) is 13.2 Å². The van der Waals surface area contributed by atoms with Gasteiger partial charge >= 0.3 is 11.9 Å². The van der Waals surface area contributed by atoms with Crippen molar-refractivity contribution >= 4 is 11.9 Å². The van der Waals surface area contributed by atoms with E-state index in [-0.39, 0.29) is 26.4 Å². The summed E-state index contributed by atoms with van der Waals surface area (Å²) in [6.07, 6.45) is 6.68. The van der Waals surface area contributed by atoms with Crippen molar-refractivity contribution in [3.63, 3.8) is 0 Å². The molecule has 6 heteroatoms. The van der Waals surface area contributed by atoms with Crippen LogP contribution in [0.3, 0.4) is 0 Å². The molecule has 2 aliphatic rings. The minimum Gasteiger partial charge on any atom is -0.482 e.